The zero-order valence-corrected chi connectivity index (χ0v) is 2.81. The van der Waals surface area contributed by atoms with E-state index in [-0.39, 0.29) is 0 Å². The fraction of sp³-hybridized carbons (Fsp3) is 0.667. The van der Waals surface area contributed by atoms with Gasteiger partial charge in [0.15, 0.2) is 0 Å². The van der Waals surface area contributed by atoms with Gasteiger partial charge in [0.1, 0.15) is 13.4 Å². The van der Waals surface area contributed by atoms with E-state index in [4.69, 9.17) is 0 Å². The second-order valence-electron chi connectivity index (χ2n) is 0.822. The van der Waals surface area contributed by atoms with E-state index in [1.807, 2.05) is 0 Å². The first-order chi connectivity index (χ1) is 2.50. The average Bonchev–Trinajstić information content (AvgIpc) is 1.76. The first-order valence-electron chi connectivity index (χ1n) is 1.51. The lowest BCUT2D eigenvalue weighted by Crippen LogP contribution is -1.76. The van der Waals surface area contributed by atoms with E-state index >= 15 is 0 Å². The van der Waals surface area contributed by atoms with Crippen LogP contribution in [-0.2, 0) is 9.47 Å². The van der Waals surface area contributed by atoms with Gasteiger partial charge in [-0.15, -0.1) is 0 Å². The van der Waals surface area contributed by atoms with Gasteiger partial charge in [0.2, 0.25) is 0 Å². The molecule has 0 atom stereocenters. The van der Waals surface area contributed by atoms with Crippen LogP contribution in [0, 0.1) is 6.61 Å². The molecule has 1 heterocycles. The van der Waals surface area contributed by atoms with Gasteiger partial charge in [-0.05, 0) is 0 Å². The van der Waals surface area contributed by atoms with Crippen molar-refractivity contribution in [1.82, 2.24) is 0 Å². The van der Waals surface area contributed by atoms with Crippen molar-refractivity contribution in [1.29, 1.82) is 0 Å². The van der Waals surface area contributed by atoms with Crippen LogP contribution in [0.25, 0.3) is 0 Å². The van der Waals surface area contributed by atoms with E-state index in [0.717, 1.165) is 0 Å². The molecule has 0 bridgehead atoms. The third-order valence-corrected chi connectivity index (χ3v) is 0.455. The Balaban J connectivity index is 2.08. The molecule has 0 amide bonds. The van der Waals surface area contributed by atoms with Gasteiger partial charge in [-0.2, -0.15) is 0 Å². The van der Waals surface area contributed by atoms with E-state index in [1.54, 1.807) is 6.61 Å². The summed E-state index contributed by atoms with van der Waals surface area (Å²) in [5.74, 6) is 0. The van der Waals surface area contributed by atoms with Gasteiger partial charge < -0.3 is 9.47 Å². The molecule has 29 valence electrons. The molecule has 0 aliphatic carbocycles. The van der Waals surface area contributed by atoms with Crippen molar-refractivity contribution < 1.29 is 9.47 Å². The maximum atomic E-state index is 4.67. The minimum Gasteiger partial charge on any atom is -0.353 e. The summed E-state index contributed by atoms with van der Waals surface area (Å²) in [7, 11) is 0. The first kappa shape index (κ1) is 3.12. The summed E-state index contributed by atoms with van der Waals surface area (Å²) < 4.78 is 9.26. The Morgan fingerprint density at radius 3 is 2.80 bits per heavy atom. The first-order valence-corrected chi connectivity index (χ1v) is 1.51. The number of hydrogen-bond acceptors (Lipinski definition) is 2. The van der Waals surface area contributed by atoms with Gasteiger partial charge in [0.25, 0.3) is 0 Å². The summed E-state index contributed by atoms with van der Waals surface area (Å²) in [4.78, 5) is 0. The molecule has 1 saturated heterocycles. The SMILES string of the molecule is [CH]1COCO1. The van der Waals surface area contributed by atoms with Crippen molar-refractivity contribution in [2.75, 3.05) is 13.4 Å². The number of hydrogen-bond donors (Lipinski definition) is 0. The van der Waals surface area contributed by atoms with Crippen LogP contribution in [0.5, 0.6) is 0 Å². The molecule has 2 nitrogen and oxygen atoms in total. The molecule has 0 unspecified atom stereocenters. The predicted molar refractivity (Wildman–Crippen MR) is 16.2 cm³/mol. The molecule has 0 spiro atoms. The molecule has 2 heteroatoms. The van der Waals surface area contributed by atoms with E-state index in [1.165, 1.54) is 0 Å². The molecule has 1 rings (SSSR count). The summed E-state index contributed by atoms with van der Waals surface area (Å²) in [6.45, 7) is 2.74. The van der Waals surface area contributed by atoms with Crippen molar-refractivity contribution in [2.24, 2.45) is 0 Å². The van der Waals surface area contributed by atoms with Crippen molar-refractivity contribution in [3.8, 4) is 0 Å². The van der Waals surface area contributed by atoms with Crippen LogP contribution in [0.2, 0.25) is 0 Å². The molecule has 0 N–H and O–H groups in total. The maximum absolute atomic E-state index is 4.67. The number of rotatable bonds is 0. The third-order valence-electron chi connectivity index (χ3n) is 0.455. The summed E-state index contributed by atoms with van der Waals surface area (Å²) >= 11 is 0. The van der Waals surface area contributed by atoms with Crippen LogP contribution in [0.4, 0.5) is 0 Å². The highest BCUT2D eigenvalue weighted by atomic mass is 16.7. The molecule has 0 aromatic heterocycles. The molecule has 1 fully saturated rings. The minimum absolute atomic E-state index is 0.444. The van der Waals surface area contributed by atoms with E-state index < -0.39 is 0 Å². The fourth-order valence-electron chi connectivity index (χ4n) is 0.241. The molecule has 5 heavy (non-hydrogen) atoms. The van der Waals surface area contributed by atoms with Crippen LogP contribution in [-0.4, -0.2) is 13.4 Å². The summed E-state index contributed by atoms with van der Waals surface area (Å²) in [5, 5.41) is 0. The van der Waals surface area contributed by atoms with Gasteiger partial charge in [-0.25, -0.2) is 0 Å². The van der Waals surface area contributed by atoms with E-state index in [2.05, 4.69) is 9.47 Å². The molecule has 1 aliphatic heterocycles. The van der Waals surface area contributed by atoms with Crippen molar-refractivity contribution in [2.45, 2.75) is 0 Å². The van der Waals surface area contributed by atoms with Gasteiger partial charge in [0.05, 0.1) is 6.61 Å². The summed E-state index contributed by atoms with van der Waals surface area (Å²) in [6.07, 6.45) is 0. The Morgan fingerprint density at radius 2 is 2.60 bits per heavy atom. The highest BCUT2D eigenvalue weighted by Crippen LogP contribution is 1.91. The Labute approximate surface area is 30.7 Å². The highest BCUT2D eigenvalue weighted by molar-refractivity contribution is 4.48. The van der Waals surface area contributed by atoms with E-state index in [9.17, 15) is 0 Å². The Bertz CT molecular complexity index is 16.5. The van der Waals surface area contributed by atoms with Crippen molar-refractivity contribution in [3.05, 3.63) is 6.61 Å². The largest absolute Gasteiger partial charge is 0.353 e. The molecule has 1 radical (unpaired) electrons. The monoisotopic (exact) mass is 73.0 g/mol. The predicted octanol–water partition coefficient (Wildman–Crippen LogP) is 0.152. The molecule has 0 saturated carbocycles. The normalized spacial score (nSPS) is 24.0. The molecule has 0 aromatic carbocycles. The Hall–Kier alpha value is -0.0800. The quantitative estimate of drug-likeness (QED) is 0.406. The van der Waals surface area contributed by atoms with E-state index in [0.29, 0.717) is 13.4 Å². The molecule has 1 aliphatic rings. The van der Waals surface area contributed by atoms with Crippen LogP contribution in [0.1, 0.15) is 0 Å². The Kier molecular flexibility index (Phi) is 0.862. The standard InChI is InChI=1S/C3H5O2/c1-2-5-3-4-1/h1H,2-3H2. The van der Waals surface area contributed by atoms with Crippen LogP contribution >= 0.6 is 0 Å². The topological polar surface area (TPSA) is 18.5 Å². The lowest BCUT2D eigenvalue weighted by molar-refractivity contribution is 0.0786. The maximum Gasteiger partial charge on any atom is 0.147 e. The van der Waals surface area contributed by atoms with Gasteiger partial charge in [-0.1, -0.05) is 0 Å². The van der Waals surface area contributed by atoms with Crippen LogP contribution in [0.15, 0.2) is 0 Å². The zero-order valence-electron chi connectivity index (χ0n) is 2.81. The van der Waals surface area contributed by atoms with Crippen molar-refractivity contribution in [3.63, 3.8) is 0 Å². The van der Waals surface area contributed by atoms with Gasteiger partial charge >= 0.3 is 0 Å². The van der Waals surface area contributed by atoms with Crippen molar-refractivity contribution >= 4 is 0 Å². The lowest BCUT2D eigenvalue weighted by atomic mass is 10.8. The Morgan fingerprint density at radius 1 is 1.60 bits per heavy atom. The van der Waals surface area contributed by atoms with Crippen LogP contribution in [0.3, 0.4) is 0 Å². The fourth-order valence-corrected chi connectivity index (χ4v) is 0.241. The second kappa shape index (κ2) is 1.38. The lowest BCUT2D eigenvalue weighted by Gasteiger charge is -1.75. The van der Waals surface area contributed by atoms with Gasteiger partial charge in [0, 0.05) is 0 Å². The third kappa shape index (κ3) is 0.597. The minimum atomic E-state index is 0.444. The average molecular weight is 73.1 g/mol. The molecule has 0 aromatic rings. The second-order valence-corrected chi connectivity index (χ2v) is 0.822. The number of ether oxygens (including phenoxy) is 2. The molecular weight excluding hydrogens is 68.0 g/mol. The highest BCUT2D eigenvalue weighted by Gasteiger charge is 1.95. The van der Waals surface area contributed by atoms with Gasteiger partial charge in [-0.3, -0.25) is 0 Å². The smallest absolute Gasteiger partial charge is 0.147 e. The van der Waals surface area contributed by atoms with Crippen LogP contribution < -0.4 is 0 Å². The summed E-state index contributed by atoms with van der Waals surface area (Å²) in [5.41, 5.74) is 0. The summed E-state index contributed by atoms with van der Waals surface area (Å²) in [6, 6.07) is 0. The zero-order chi connectivity index (χ0) is 3.54. The molecular formula is C3H5O2.